The molecule has 0 aliphatic carbocycles. The largest absolute Gasteiger partial charge is 0.445 e. The van der Waals surface area contributed by atoms with Crippen LogP contribution in [-0.2, 0) is 11.3 Å². The molecule has 0 bridgehead atoms. The van der Waals surface area contributed by atoms with Crippen molar-refractivity contribution in [3.05, 3.63) is 77.4 Å². The highest BCUT2D eigenvalue weighted by atomic mass is 35.5. The van der Waals surface area contributed by atoms with Gasteiger partial charge in [-0.2, -0.15) is 0 Å². The smallest absolute Gasteiger partial charge is 0.407 e. The minimum Gasteiger partial charge on any atom is -0.445 e. The van der Waals surface area contributed by atoms with Crippen molar-refractivity contribution in [1.29, 1.82) is 0 Å². The summed E-state index contributed by atoms with van der Waals surface area (Å²) in [6.07, 6.45) is 3.20. The van der Waals surface area contributed by atoms with Crippen molar-refractivity contribution < 1.29 is 14.3 Å². The highest BCUT2D eigenvalue weighted by Crippen LogP contribution is 2.07. The second-order valence-electron chi connectivity index (χ2n) is 5.02. The van der Waals surface area contributed by atoms with Crippen LogP contribution in [0.15, 0.2) is 60.7 Å². The van der Waals surface area contributed by atoms with Gasteiger partial charge in [0.15, 0.2) is 5.78 Å². The van der Waals surface area contributed by atoms with E-state index in [4.69, 9.17) is 16.3 Å². The number of hydrogen-bond acceptors (Lipinski definition) is 3. The molecule has 0 heterocycles. The lowest BCUT2D eigenvalue weighted by molar-refractivity contribution is 0.102. The molecule has 1 N–H and O–H groups in total. The van der Waals surface area contributed by atoms with Crippen LogP contribution in [0.3, 0.4) is 0 Å². The zero-order valence-corrected chi connectivity index (χ0v) is 13.8. The van der Waals surface area contributed by atoms with Gasteiger partial charge in [0.05, 0.1) is 5.88 Å². The summed E-state index contributed by atoms with van der Waals surface area (Å²) < 4.78 is 5.10. The Kier molecular flexibility index (Phi) is 7.05. The minimum atomic E-state index is -0.466. The van der Waals surface area contributed by atoms with Crippen molar-refractivity contribution in [3.63, 3.8) is 0 Å². The van der Waals surface area contributed by atoms with Gasteiger partial charge in [0.2, 0.25) is 0 Å². The summed E-state index contributed by atoms with van der Waals surface area (Å²) in [4.78, 5) is 23.0. The van der Waals surface area contributed by atoms with Gasteiger partial charge < -0.3 is 10.1 Å². The van der Waals surface area contributed by atoms with Gasteiger partial charge in [-0.1, -0.05) is 66.7 Å². The van der Waals surface area contributed by atoms with Crippen LogP contribution in [0.2, 0.25) is 0 Å². The van der Waals surface area contributed by atoms with Gasteiger partial charge in [-0.05, 0) is 11.1 Å². The van der Waals surface area contributed by atoms with Crippen molar-refractivity contribution >= 4 is 29.6 Å². The summed E-state index contributed by atoms with van der Waals surface area (Å²) in [5, 5.41) is 2.64. The molecule has 0 aliphatic rings. The number of carbonyl (C=O) groups excluding carboxylic acids is 2. The normalized spacial score (nSPS) is 10.5. The molecule has 0 spiro atoms. The monoisotopic (exact) mass is 343 g/mol. The van der Waals surface area contributed by atoms with Crippen LogP contribution in [-0.4, -0.2) is 24.3 Å². The molecule has 4 nitrogen and oxygen atoms in total. The van der Waals surface area contributed by atoms with Crippen LogP contribution in [0.25, 0.3) is 6.08 Å². The Balaban J connectivity index is 1.72. The second-order valence-corrected chi connectivity index (χ2v) is 5.29. The van der Waals surface area contributed by atoms with Crippen LogP contribution in [0.1, 0.15) is 21.5 Å². The van der Waals surface area contributed by atoms with Crippen LogP contribution in [0.5, 0.6) is 0 Å². The number of hydrogen-bond donors (Lipinski definition) is 1. The van der Waals surface area contributed by atoms with Gasteiger partial charge in [0.1, 0.15) is 6.61 Å². The number of ether oxygens (including phenoxy) is 1. The number of alkyl carbamates (subject to hydrolysis) is 1. The summed E-state index contributed by atoms with van der Waals surface area (Å²) in [7, 11) is 0. The fraction of sp³-hybridized carbons (Fsp3) is 0.158. The molecule has 0 radical (unpaired) electrons. The Morgan fingerprint density at radius 1 is 1.04 bits per heavy atom. The number of Topliss-reactive ketones (excluding diaryl/α,β-unsaturated/α-hetero) is 1. The van der Waals surface area contributed by atoms with Crippen LogP contribution >= 0.6 is 11.6 Å². The summed E-state index contributed by atoms with van der Waals surface area (Å²) >= 11 is 5.51. The molecule has 0 saturated carbocycles. The number of ketones is 1. The molecule has 0 saturated heterocycles. The zero-order chi connectivity index (χ0) is 17.2. The molecule has 24 heavy (non-hydrogen) atoms. The second kappa shape index (κ2) is 9.53. The summed E-state index contributed by atoms with van der Waals surface area (Å²) in [5.41, 5.74) is 2.46. The van der Waals surface area contributed by atoms with Gasteiger partial charge in [0, 0.05) is 12.1 Å². The molecule has 0 aromatic heterocycles. The van der Waals surface area contributed by atoms with E-state index < -0.39 is 6.09 Å². The first-order chi connectivity index (χ1) is 11.7. The maximum Gasteiger partial charge on any atom is 0.407 e. The van der Waals surface area contributed by atoms with E-state index in [1.165, 1.54) is 0 Å². The first-order valence-electron chi connectivity index (χ1n) is 7.49. The van der Waals surface area contributed by atoms with Crippen molar-refractivity contribution in [1.82, 2.24) is 5.32 Å². The molecule has 5 heteroatoms. The van der Waals surface area contributed by atoms with Gasteiger partial charge >= 0.3 is 6.09 Å². The number of benzene rings is 2. The molecule has 2 aromatic rings. The van der Waals surface area contributed by atoms with E-state index in [0.29, 0.717) is 12.1 Å². The average Bonchev–Trinajstić information content (AvgIpc) is 2.64. The standard InChI is InChI=1S/C19H18ClNO3/c20-13-18(22)17-10-8-15(9-11-17)7-4-12-21-19(23)24-14-16-5-2-1-3-6-16/h1-11H,12-14H2,(H,21,23). The molecule has 0 aliphatic heterocycles. The third-order valence-corrected chi connectivity index (χ3v) is 3.48. The summed E-state index contributed by atoms with van der Waals surface area (Å²) in [5.74, 6) is -0.125. The topological polar surface area (TPSA) is 55.4 Å². The van der Waals surface area contributed by atoms with E-state index >= 15 is 0 Å². The van der Waals surface area contributed by atoms with Crippen molar-refractivity contribution in [2.45, 2.75) is 6.61 Å². The first-order valence-corrected chi connectivity index (χ1v) is 8.03. The van der Waals surface area contributed by atoms with E-state index in [2.05, 4.69) is 5.32 Å². The quantitative estimate of drug-likeness (QED) is 0.609. The molecular weight excluding hydrogens is 326 g/mol. The third-order valence-electron chi connectivity index (χ3n) is 3.24. The Morgan fingerprint density at radius 3 is 2.42 bits per heavy atom. The Bertz CT molecular complexity index is 696. The maximum atomic E-state index is 11.6. The highest BCUT2D eigenvalue weighted by Gasteiger charge is 2.02. The molecule has 124 valence electrons. The molecule has 2 rings (SSSR count). The molecule has 1 amide bonds. The van der Waals surface area contributed by atoms with Crippen LogP contribution in [0, 0.1) is 0 Å². The van der Waals surface area contributed by atoms with Crippen molar-refractivity contribution in [2.75, 3.05) is 12.4 Å². The van der Waals surface area contributed by atoms with E-state index in [-0.39, 0.29) is 18.3 Å². The van der Waals surface area contributed by atoms with E-state index in [1.807, 2.05) is 54.6 Å². The SMILES string of the molecule is O=C(NCC=Cc1ccc(C(=O)CCl)cc1)OCc1ccccc1. The fourth-order valence-corrected chi connectivity index (χ4v) is 2.12. The van der Waals surface area contributed by atoms with Gasteiger partial charge in [-0.15, -0.1) is 11.6 Å². The van der Waals surface area contributed by atoms with Crippen molar-refractivity contribution in [2.24, 2.45) is 0 Å². The summed E-state index contributed by atoms with van der Waals surface area (Å²) in [6.45, 7) is 0.600. The number of rotatable bonds is 7. The van der Waals surface area contributed by atoms with Gasteiger partial charge in [-0.3, -0.25) is 4.79 Å². The van der Waals surface area contributed by atoms with Gasteiger partial charge in [-0.25, -0.2) is 4.79 Å². The predicted molar refractivity (Wildman–Crippen MR) is 95.2 cm³/mol. The Labute approximate surface area is 146 Å². The number of halogens is 1. The number of amides is 1. The third kappa shape index (κ3) is 5.89. The average molecular weight is 344 g/mol. The lowest BCUT2D eigenvalue weighted by Gasteiger charge is -2.05. The zero-order valence-electron chi connectivity index (χ0n) is 13.1. The Hall–Kier alpha value is -2.59. The fourth-order valence-electron chi connectivity index (χ4n) is 1.97. The molecular formula is C19H18ClNO3. The van der Waals surface area contributed by atoms with E-state index in [0.717, 1.165) is 11.1 Å². The predicted octanol–water partition coefficient (Wildman–Crippen LogP) is 4.05. The summed E-state index contributed by atoms with van der Waals surface area (Å²) in [6, 6.07) is 16.6. The minimum absolute atomic E-state index is 0.0236. The van der Waals surface area contributed by atoms with Crippen molar-refractivity contribution in [3.8, 4) is 0 Å². The van der Waals surface area contributed by atoms with Crippen LogP contribution < -0.4 is 5.32 Å². The number of carbonyl (C=O) groups is 2. The molecule has 0 fully saturated rings. The van der Waals surface area contributed by atoms with E-state index in [9.17, 15) is 9.59 Å². The van der Waals surface area contributed by atoms with E-state index in [1.54, 1.807) is 12.1 Å². The molecule has 2 aromatic carbocycles. The molecule has 0 unspecified atom stereocenters. The Morgan fingerprint density at radius 2 is 1.75 bits per heavy atom. The lowest BCUT2D eigenvalue weighted by atomic mass is 10.1. The van der Waals surface area contributed by atoms with Gasteiger partial charge in [0.25, 0.3) is 0 Å². The highest BCUT2D eigenvalue weighted by molar-refractivity contribution is 6.30. The first kappa shape index (κ1) is 17.8. The lowest BCUT2D eigenvalue weighted by Crippen LogP contribution is -2.24. The number of alkyl halides is 1. The van der Waals surface area contributed by atoms with Crippen LogP contribution in [0.4, 0.5) is 4.79 Å². The maximum absolute atomic E-state index is 11.6. The number of nitrogens with one attached hydrogen (secondary N) is 1. The molecule has 0 atom stereocenters.